The lowest BCUT2D eigenvalue weighted by molar-refractivity contribution is 0.322. The van der Waals surface area contributed by atoms with Crippen LogP contribution < -0.4 is 9.46 Å². The normalized spacial score (nSPS) is 12.3. The molecule has 4 nitrogen and oxygen atoms in total. The van der Waals surface area contributed by atoms with E-state index >= 15 is 0 Å². The molecule has 2 rings (SSSR count). The Kier molecular flexibility index (Phi) is 5.73. The summed E-state index contributed by atoms with van der Waals surface area (Å²) in [5.74, 6) is 0.719. The summed E-state index contributed by atoms with van der Waals surface area (Å²) in [6.45, 7) is 6.89. The number of halogens is 1. The third-order valence-corrected chi connectivity index (χ3v) is 6.38. The van der Waals surface area contributed by atoms with Crippen LogP contribution in [0.1, 0.15) is 26.3 Å². The first-order chi connectivity index (χ1) is 10.7. The maximum absolute atomic E-state index is 12.0. The zero-order valence-electron chi connectivity index (χ0n) is 13.3. The number of hydrogen-bond acceptors (Lipinski definition) is 4. The van der Waals surface area contributed by atoms with Gasteiger partial charge in [0.05, 0.1) is 4.34 Å². The monoisotopic (exact) mass is 373 g/mol. The summed E-state index contributed by atoms with van der Waals surface area (Å²) in [7, 11) is -3.52. The largest absolute Gasteiger partial charge is 0.492 e. The fraction of sp³-hybridized carbons (Fsp3) is 0.375. The molecule has 0 amide bonds. The first-order valence-corrected chi connectivity index (χ1v) is 9.84. The van der Waals surface area contributed by atoms with Crippen molar-refractivity contribution in [3.63, 3.8) is 0 Å². The van der Waals surface area contributed by atoms with E-state index in [0.717, 1.165) is 17.1 Å². The fourth-order valence-electron chi connectivity index (χ4n) is 1.91. The fourth-order valence-corrected chi connectivity index (χ4v) is 4.45. The second kappa shape index (κ2) is 7.21. The maximum atomic E-state index is 12.0. The molecule has 0 spiro atoms. The van der Waals surface area contributed by atoms with Gasteiger partial charge in [0, 0.05) is 6.54 Å². The van der Waals surface area contributed by atoms with E-state index in [9.17, 15) is 8.42 Å². The van der Waals surface area contributed by atoms with Crippen LogP contribution in [0.4, 0.5) is 0 Å². The minimum atomic E-state index is -3.52. The molecule has 126 valence electrons. The maximum Gasteiger partial charge on any atom is 0.250 e. The van der Waals surface area contributed by atoms with Crippen LogP contribution in [0.5, 0.6) is 5.75 Å². The van der Waals surface area contributed by atoms with Gasteiger partial charge >= 0.3 is 0 Å². The summed E-state index contributed by atoms with van der Waals surface area (Å²) < 4.78 is 32.7. The smallest absolute Gasteiger partial charge is 0.250 e. The number of thiophene rings is 1. The Morgan fingerprint density at radius 3 is 2.30 bits per heavy atom. The van der Waals surface area contributed by atoms with Gasteiger partial charge in [0.15, 0.2) is 0 Å². The van der Waals surface area contributed by atoms with E-state index < -0.39 is 10.0 Å². The van der Waals surface area contributed by atoms with Crippen LogP contribution in [0, 0.1) is 0 Å². The molecule has 0 fully saturated rings. The van der Waals surface area contributed by atoms with Crippen LogP contribution >= 0.6 is 22.9 Å². The SMILES string of the molecule is CC(C)(C)c1ccc(OCCNS(=O)(=O)c2ccc(Cl)s2)cc1. The van der Waals surface area contributed by atoms with Crippen LogP contribution in [0.3, 0.4) is 0 Å². The quantitative estimate of drug-likeness (QED) is 0.777. The van der Waals surface area contributed by atoms with Gasteiger partial charge in [0.25, 0.3) is 0 Å². The lowest BCUT2D eigenvalue weighted by Crippen LogP contribution is -2.27. The molecule has 0 aliphatic rings. The second-order valence-corrected chi connectivity index (χ2v) is 9.79. The summed E-state index contributed by atoms with van der Waals surface area (Å²) in [5.41, 5.74) is 1.32. The molecule has 0 aliphatic heterocycles. The van der Waals surface area contributed by atoms with Gasteiger partial charge in [0.2, 0.25) is 10.0 Å². The van der Waals surface area contributed by atoms with Gasteiger partial charge in [-0.25, -0.2) is 13.1 Å². The van der Waals surface area contributed by atoms with E-state index in [1.165, 1.54) is 11.6 Å². The highest BCUT2D eigenvalue weighted by Crippen LogP contribution is 2.25. The molecule has 2 aromatic rings. The number of rotatable bonds is 6. The number of ether oxygens (including phenoxy) is 1. The summed E-state index contributed by atoms with van der Waals surface area (Å²) in [6, 6.07) is 10.9. The first-order valence-electron chi connectivity index (χ1n) is 7.17. The van der Waals surface area contributed by atoms with Crippen LogP contribution in [0.25, 0.3) is 0 Å². The molecule has 0 saturated heterocycles. The van der Waals surface area contributed by atoms with E-state index in [-0.39, 0.29) is 22.8 Å². The number of benzene rings is 1. The van der Waals surface area contributed by atoms with Crippen LogP contribution in [-0.2, 0) is 15.4 Å². The molecule has 0 atom stereocenters. The van der Waals surface area contributed by atoms with Crippen molar-refractivity contribution in [1.82, 2.24) is 4.72 Å². The van der Waals surface area contributed by atoms with Crippen LogP contribution in [0.15, 0.2) is 40.6 Å². The van der Waals surface area contributed by atoms with Crippen LogP contribution in [0.2, 0.25) is 4.34 Å². The van der Waals surface area contributed by atoms with Crippen molar-refractivity contribution in [2.45, 2.75) is 30.4 Å². The molecule has 1 aromatic heterocycles. The minimum absolute atomic E-state index is 0.0934. The van der Waals surface area contributed by atoms with Gasteiger partial charge in [-0.2, -0.15) is 0 Å². The number of nitrogens with one attached hydrogen (secondary N) is 1. The highest BCUT2D eigenvalue weighted by atomic mass is 35.5. The summed E-state index contributed by atoms with van der Waals surface area (Å²) >= 11 is 6.78. The molecule has 1 aromatic carbocycles. The molecule has 0 radical (unpaired) electrons. The predicted octanol–water partition coefficient (Wildman–Crippen LogP) is 4.06. The van der Waals surface area contributed by atoms with Crippen molar-refractivity contribution >= 4 is 33.0 Å². The Morgan fingerprint density at radius 2 is 1.78 bits per heavy atom. The van der Waals surface area contributed by atoms with Gasteiger partial charge in [-0.1, -0.05) is 44.5 Å². The first kappa shape index (κ1) is 18.3. The molecular formula is C16H20ClNO3S2. The van der Waals surface area contributed by atoms with E-state index in [0.29, 0.717) is 4.34 Å². The molecule has 23 heavy (non-hydrogen) atoms. The summed E-state index contributed by atoms with van der Waals surface area (Å²) in [6.07, 6.45) is 0. The van der Waals surface area contributed by atoms with Gasteiger partial charge in [-0.15, -0.1) is 11.3 Å². The van der Waals surface area contributed by atoms with E-state index in [1.807, 2.05) is 24.3 Å². The van der Waals surface area contributed by atoms with Crippen molar-refractivity contribution < 1.29 is 13.2 Å². The van der Waals surface area contributed by atoms with Crippen molar-refractivity contribution in [3.8, 4) is 5.75 Å². The Bertz CT molecular complexity index is 746. The third-order valence-electron chi connectivity index (χ3n) is 3.20. The second-order valence-electron chi connectivity index (χ2n) is 6.08. The van der Waals surface area contributed by atoms with E-state index in [2.05, 4.69) is 25.5 Å². The molecule has 0 bridgehead atoms. The van der Waals surface area contributed by atoms with E-state index in [4.69, 9.17) is 16.3 Å². The van der Waals surface area contributed by atoms with Crippen molar-refractivity contribution in [3.05, 3.63) is 46.3 Å². The van der Waals surface area contributed by atoms with Crippen molar-refractivity contribution in [2.75, 3.05) is 13.2 Å². The van der Waals surface area contributed by atoms with Gasteiger partial charge < -0.3 is 4.74 Å². The highest BCUT2D eigenvalue weighted by molar-refractivity contribution is 7.91. The Morgan fingerprint density at radius 1 is 1.13 bits per heavy atom. The molecule has 0 aliphatic carbocycles. The lowest BCUT2D eigenvalue weighted by atomic mass is 9.87. The lowest BCUT2D eigenvalue weighted by Gasteiger charge is -2.19. The molecule has 7 heteroatoms. The van der Waals surface area contributed by atoms with Crippen molar-refractivity contribution in [1.29, 1.82) is 0 Å². The molecule has 1 heterocycles. The molecule has 1 N–H and O–H groups in total. The highest BCUT2D eigenvalue weighted by Gasteiger charge is 2.16. The molecule has 0 saturated carbocycles. The number of sulfonamides is 1. The van der Waals surface area contributed by atoms with Gasteiger partial charge in [0.1, 0.15) is 16.6 Å². The van der Waals surface area contributed by atoms with Crippen molar-refractivity contribution in [2.24, 2.45) is 0 Å². The van der Waals surface area contributed by atoms with E-state index in [1.54, 1.807) is 6.07 Å². The average molecular weight is 374 g/mol. The number of hydrogen-bond donors (Lipinski definition) is 1. The Hall–Kier alpha value is -1.08. The predicted molar refractivity (Wildman–Crippen MR) is 95.2 cm³/mol. The average Bonchev–Trinajstić information content (AvgIpc) is 2.91. The third kappa shape index (κ3) is 5.21. The zero-order chi connectivity index (χ0) is 17.1. The van der Waals surface area contributed by atoms with Gasteiger partial charge in [-0.3, -0.25) is 0 Å². The van der Waals surface area contributed by atoms with Crippen LogP contribution in [-0.4, -0.2) is 21.6 Å². The zero-order valence-corrected chi connectivity index (χ0v) is 15.7. The summed E-state index contributed by atoms with van der Waals surface area (Å²) in [4.78, 5) is 0. The standard InChI is InChI=1S/C16H20ClNO3S2/c1-16(2,3)12-4-6-13(7-5-12)21-11-10-18-23(19,20)15-9-8-14(17)22-15/h4-9,18H,10-11H2,1-3H3. The Labute approximate surface area is 146 Å². The Balaban J connectivity index is 1.84. The summed E-state index contributed by atoms with van der Waals surface area (Å²) in [5, 5.41) is 0. The molecule has 0 unspecified atom stereocenters. The minimum Gasteiger partial charge on any atom is -0.492 e. The van der Waals surface area contributed by atoms with Gasteiger partial charge in [-0.05, 0) is 35.2 Å². The topological polar surface area (TPSA) is 55.4 Å². The molecular weight excluding hydrogens is 354 g/mol.